The van der Waals surface area contributed by atoms with Crippen LogP contribution in [-0.4, -0.2) is 24.4 Å². The highest BCUT2D eigenvalue weighted by atomic mass is 35.5. The lowest BCUT2D eigenvalue weighted by molar-refractivity contribution is 0.650. The zero-order chi connectivity index (χ0) is 21.4. The third-order valence-electron chi connectivity index (χ3n) is 5.28. The third kappa shape index (κ3) is 3.82. The molecule has 0 amide bonds. The van der Waals surface area contributed by atoms with E-state index in [1.807, 2.05) is 42.7 Å². The molecule has 0 aliphatic heterocycles. The van der Waals surface area contributed by atoms with E-state index in [-0.39, 0.29) is 0 Å². The number of aromatic nitrogens is 5. The van der Waals surface area contributed by atoms with Crippen molar-refractivity contribution in [2.24, 2.45) is 0 Å². The Bertz CT molecular complexity index is 1370. The van der Waals surface area contributed by atoms with Gasteiger partial charge in [-0.05, 0) is 41.8 Å². The average molecular weight is 448 g/mol. The normalized spacial score (nSPS) is 11.3. The van der Waals surface area contributed by atoms with Gasteiger partial charge in [0.05, 0.1) is 28.5 Å². The Hall–Kier alpha value is -3.15. The van der Waals surface area contributed by atoms with E-state index in [1.54, 1.807) is 10.7 Å². The molecular weight excluding hydrogens is 429 g/mol. The summed E-state index contributed by atoms with van der Waals surface area (Å²) in [6.45, 7) is 2.69. The lowest BCUT2D eigenvalue weighted by atomic mass is 10.1. The molecular formula is C24H19Cl2N5. The van der Waals surface area contributed by atoms with Gasteiger partial charge in [-0.2, -0.15) is 0 Å². The maximum absolute atomic E-state index is 6.15. The highest BCUT2D eigenvalue weighted by Crippen LogP contribution is 2.32. The zero-order valence-corrected chi connectivity index (χ0v) is 18.3. The van der Waals surface area contributed by atoms with Crippen molar-refractivity contribution >= 4 is 28.8 Å². The average Bonchev–Trinajstić information content (AvgIpc) is 3.40. The molecule has 0 radical (unpaired) electrons. The van der Waals surface area contributed by atoms with Gasteiger partial charge >= 0.3 is 0 Å². The maximum atomic E-state index is 6.15. The van der Waals surface area contributed by atoms with Crippen molar-refractivity contribution in [2.45, 2.75) is 19.9 Å². The number of hydrogen-bond acceptors (Lipinski definition) is 3. The van der Waals surface area contributed by atoms with Crippen molar-refractivity contribution in [3.63, 3.8) is 0 Å². The molecule has 31 heavy (non-hydrogen) atoms. The van der Waals surface area contributed by atoms with Crippen LogP contribution in [0.1, 0.15) is 18.1 Å². The summed E-state index contributed by atoms with van der Waals surface area (Å²) in [6.07, 6.45) is 4.93. The molecule has 0 unspecified atom stereocenters. The topological polar surface area (TPSA) is 48.0 Å². The second-order valence-electron chi connectivity index (χ2n) is 7.34. The van der Waals surface area contributed by atoms with E-state index in [4.69, 9.17) is 28.2 Å². The van der Waals surface area contributed by atoms with Gasteiger partial charge in [-0.3, -0.25) is 4.40 Å². The van der Waals surface area contributed by atoms with Gasteiger partial charge in [0.25, 0.3) is 0 Å². The van der Waals surface area contributed by atoms with E-state index in [0.29, 0.717) is 16.6 Å². The molecule has 0 saturated heterocycles. The highest BCUT2D eigenvalue weighted by Gasteiger charge is 2.18. The van der Waals surface area contributed by atoms with E-state index in [2.05, 4.69) is 45.9 Å². The van der Waals surface area contributed by atoms with Gasteiger partial charge in [-0.1, -0.05) is 71.7 Å². The van der Waals surface area contributed by atoms with Gasteiger partial charge in [-0.25, -0.2) is 9.67 Å². The summed E-state index contributed by atoms with van der Waals surface area (Å²) in [7, 11) is 0. The van der Waals surface area contributed by atoms with Gasteiger partial charge in [0.15, 0.2) is 0 Å². The standard InChI is InChI=1S/C24H19Cl2N5/c1-2-16-6-9-18(10-7-16)23-24(31-12-4-3-5-22(31)27-23)21-15-30(29-28-21)14-17-8-11-19(25)20(26)13-17/h3-13,15H,2,14H2,1H3. The molecule has 2 aromatic carbocycles. The lowest BCUT2D eigenvalue weighted by Crippen LogP contribution is -2.00. The minimum atomic E-state index is 0.527. The summed E-state index contributed by atoms with van der Waals surface area (Å²) in [6, 6.07) is 20.1. The van der Waals surface area contributed by atoms with Crippen LogP contribution in [0.5, 0.6) is 0 Å². The highest BCUT2D eigenvalue weighted by molar-refractivity contribution is 6.42. The summed E-state index contributed by atoms with van der Waals surface area (Å²) >= 11 is 12.2. The fraction of sp³-hybridized carbons (Fsp3) is 0.125. The third-order valence-corrected chi connectivity index (χ3v) is 6.01. The summed E-state index contributed by atoms with van der Waals surface area (Å²) in [5, 5.41) is 9.86. The van der Waals surface area contributed by atoms with Gasteiger partial charge in [0, 0.05) is 11.8 Å². The van der Waals surface area contributed by atoms with Crippen molar-refractivity contribution in [2.75, 3.05) is 0 Å². The Kier molecular flexibility index (Phi) is 5.22. The fourth-order valence-electron chi connectivity index (χ4n) is 3.65. The van der Waals surface area contributed by atoms with E-state index >= 15 is 0 Å². The number of fused-ring (bicyclic) bond motifs is 1. The van der Waals surface area contributed by atoms with Crippen LogP contribution in [0.4, 0.5) is 0 Å². The minimum absolute atomic E-state index is 0.527. The van der Waals surface area contributed by atoms with Gasteiger partial charge in [0.2, 0.25) is 0 Å². The Labute approximate surface area is 189 Å². The molecule has 0 bridgehead atoms. The second kappa shape index (κ2) is 8.17. The Morgan fingerprint density at radius 3 is 2.48 bits per heavy atom. The van der Waals surface area contributed by atoms with Gasteiger partial charge < -0.3 is 0 Å². The van der Waals surface area contributed by atoms with Crippen LogP contribution in [0.3, 0.4) is 0 Å². The Morgan fingerprint density at radius 1 is 0.903 bits per heavy atom. The molecule has 3 aromatic heterocycles. The number of aryl methyl sites for hydroxylation is 1. The van der Waals surface area contributed by atoms with E-state index in [0.717, 1.165) is 40.3 Å². The molecule has 154 valence electrons. The number of hydrogen-bond donors (Lipinski definition) is 0. The van der Waals surface area contributed by atoms with Crippen LogP contribution in [0.25, 0.3) is 28.3 Å². The maximum Gasteiger partial charge on any atom is 0.137 e. The minimum Gasteiger partial charge on any atom is -0.298 e. The SMILES string of the molecule is CCc1ccc(-c2nc3ccccn3c2-c2cn(Cc3ccc(Cl)c(Cl)c3)nn2)cc1. The number of halogens is 2. The molecule has 5 rings (SSSR count). The van der Waals surface area contributed by atoms with Crippen LogP contribution >= 0.6 is 23.2 Å². The van der Waals surface area contributed by atoms with Crippen LogP contribution in [0.2, 0.25) is 10.0 Å². The van der Waals surface area contributed by atoms with Crippen molar-refractivity contribution < 1.29 is 0 Å². The number of rotatable bonds is 5. The van der Waals surface area contributed by atoms with Gasteiger partial charge in [-0.15, -0.1) is 5.10 Å². The van der Waals surface area contributed by atoms with Crippen LogP contribution in [0.15, 0.2) is 73.1 Å². The fourth-order valence-corrected chi connectivity index (χ4v) is 3.97. The number of nitrogens with zero attached hydrogens (tertiary/aromatic N) is 5. The first-order valence-electron chi connectivity index (χ1n) is 10.0. The first-order valence-corrected chi connectivity index (χ1v) is 10.8. The Morgan fingerprint density at radius 2 is 1.71 bits per heavy atom. The molecule has 5 nitrogen and oxygen atoms in total. The number of pyridine rings is 1. The van der Waals surface area contributed by atoms with E-state index < -0.39 is 0 Å². The molecule has 0 atom stereocenters. The molecule has 0 N–H and O–H groups in total. The van der Waals surface area contributed by atoms with Crippen molar-refractivity contribution in [1.29, 1.82) is 0 Å². The molecule has 5 aromatic rings. The van der Waals surface area contributed by atoms with Crippen LogP contribution < -0.4 is 0 Å². The predicted molar refractivity (Wildman–Crippen MR) is 125 cm³/mol. The van der Waals surface area contributed by atoms with E-state index in [9.17, 15) is 0 Å². The number of imidazole rings is 1. The molecule has 0 fully saturated rings. The lowest BCUT2D eigenvalue weighted by Gasteiger charge is -2.04. The molecule has 0 aliphatic rings. The van der Waals surface area contributed by atoms with Gasteiger partial charge in [0.1, 0.15) is 17.0 Å². The zero-order valence-electron chi connectivity index (χ0n) is 16.8. The van der Waals surface area contributed by atoms with Crippen molar-refractivity contribution in [3.05, 3.63) is 94.2 Å². The largest absolute Gasteiger partial charge is 0.298 e. The molecule has 0 aliphatic carbocycles. The number of benzene rings is 2. The first-order chi connectivity index (χ1) is 15.1. The quantitative estimate of drug-likeness (QED) is 0.323. The molecule has 3 heterocycles. The predicted octanol–water partition coefficient (Wildman–Crippen LogP) is 6.18. The van der Waals surface area contributed by atoms with Crippen LogP contribution in [0, 0.1) is 0 Å². The summed E-state index contributed by atoms with van der Waals surface area (Å²) in [5.41, 5.74) is 6.77. The smallest absolute Gasteiger partial charge is 0.137 e. The van der Waals surface area contributed by atoms with E-state index in [1.165, 1.54) is 5.56 Å². The summed E-state index contributed by atoms with van der Waals surface area (Å²) < 4.78 is 3.85. The first kappa shape index (κ1) is 19.8. The molecule has 7 heteroatoms. The van der Waals surface area contributed by atoms with Crippen LogP contribution in [-0.2, 0) is 13.0 Å². The Balaban J connectivity index is 1.57. The summed E-state index contributed by atoms with van der Waals surface area (Å²) in [5.74, 6) is 0. The second-order valence-corrected chi connectivity index (χ2v) is 8.15. The molecule has 0 spiro atoms. The van der Waals surface area contributed by atoms with Crippen molar-refractivity contribution in [3.8, 4) is 22.6 Å². The van der Waals surface area contributed by atoms with Crippen molar-refractivity contribution in [1.82, 2.24) is 24.4 Å². The monoisotopic (exact) mass is 447 g/mol. The summed E-state index contributed by atoms with van der Waals surface area (Å²) in [4.78, 5) is 4.88. The molecule has 0 saturated carbocycles.